The van der Waals surface area contributed by atoms with Crippen molar-refractivity contribution in [1.29, 1.82) is 0 Å². The van der Waals surface area contributed by atoms with Crippen LogP contribution in [0.15, 0.2) is 53.7 Å². The van der Waals surface area contributed by atoms with Gasteiger partial charge in [-0.25, -0.2) is 0 Å². The zero-order valence-corrected chi connectivity index (χ0v) is 13.5. The molecule has 1 aliphatic carbocycles. The summed E-state index contributed by atoms with van der Waals surface area (Å²) in [6, 6.07) is 12.2. The van der Waals surface area contributed by atoms with E-state index in [1.54, 1.807) is 0 Å². The molecule has 3 nitrogen and oxygen atoms in total. The fourth-order valence-corrected chi connectivity index (χ4v) is 3.74. The predicted molar refractivity (Wildman–Crippen MR) is 91.6 cm³/mol. The van der Waals surface area contributed by atoms with Gasteiger partial charge < -0.3 is 0 Å². The first-order chi connectivity index (χ1) is 11.0. The maximum absolute atomic E-state index is 12.8. The number of hydrogen-bond acceptors (Lipinski definition) is 2. The quantitative estimate of drug-likeness (QED) is 0.794. The highest BCUT2D eigenvalue weighted by Crippen LogP contribution is 2.45. The Balaban J connectivity index is 1.90. The number of fused-ring (bicyclic) bond motifs is 2. The van der Waals surface area contributed by atoms with E-state index in [1.165, 1.54) is 0 Å². The molecule has 0 radical (unpaired) electrons. The Kier molecular flexibility index (Phi) is 3.12. The predicted octanol–water partition coefficient (Wildman–Crippen LogP) is 4.12. The summed E-state index contributed by atoms with van der Waals surface area (Å²) < 4.78 is 2.02. The Morgan fingerprint density at radius 2 is 1.91 bits per heavy atom. The average Bonchev–Trinajstić information content (AvgIpc) is 2.95. The van der Waals surface area contributed by atoms with Crippen LogP contribution in [0.25, 0.3) is 11.6 Å². The molecule has 0 amide bonds. The van der Waals surface area contributed by atoms with Crippen LogP contribution in [0.2, 0.25) is 0 Å². The second kappa shape index (κ2) is 5.05. The Bertz CT molecular complexity index is 838. The van der Waals surface area contributed by atoms with E-state index < -0.39 is 0 Å². The maximum atomic E-state index is 12.8. The van der Waals surface area contributed by atoms with Gasteiger partial charge in [0.1, 0.15) is 0 Å². The number of hydrogen-bond donors (Lipinski definition) is 0. The first-order valence-corrected chi connectivity index (χ1v) is 8.08. The summed E-state index contributed by atoms with van der Waals surface area (Å²) in [7, 11) is 0. The van der Waals surface area contributed by atoms with E-state index in [0.717, 1.165) is 34.4 Å². The number of carbonyl (C=O) groups is 1. The van der Waals surface area contributed by atoms with Crippen molar-refractivity contribution in [2.75, 3.05) is 0 Å². The van der Waals surface area contributed by atoms with Gasteiger partial charge in [0.25, 0.3) is 0 Å². The maximum Gasteiger partial charge on any atom is 0.164 e. The lowest BCUT2D eigenvalue weighted by molar-refractivity contribution is -0.117. The van der Waals surface area contributed by atoms with Gasteiger partial charge in [0, 0.05) is 18.2 Å². The van der Waals surface area contributed by atoms with Crippen LogP contribution in [0.1, 0.15) is 37.9 Å². The van der Waals surface area contributed by atoms with Crippen LogP contribution < -0.4 is 0 Å². The normalized spacial score (nSPS) is 21.3. The van der Waals surface area contributed by atoms with E-state index in [2.05, 4.69) is 37.2 Å². The number of benzene rings is 1. The summed E-state index contributed by atoms with van der Waals surface area (Å²) in [6.45, 7) is 5.01. The Labute approximate surface area is 136 Å². The molecular formula is C20H20N2O. The van der Waals surface area contributed by atoms with Crippen molar-refractivity contribution in [3.63, 3.8) is 0 Å². The second-order valence-corrected chi connectivity index (χ2v) is 7.25. The van der Waals surface area contributed by atoms with Gasteiger partial charge in [-0.05, 0) is 40.7 Å². The summed E-state index contributed by atoms with van der Waals surface area (Å²) in [4.78, 5) is 12.8. The van der Waals surface area contributed by atoms with Crippen molar-refractivity contribution >= 4 is 17.4 Å². The van der Waals surface area contributed by atoms with Crippen molar-refractivity contribution in [3.8, 4) is 0 Å². The minimum Gasteiger partial charge on any atom is -0.294 e. The van der Waals surface area contributed by atoms with Crippen molar-refractivity contribution < 1.29 is 4.79 Å². The second-order valence-electron chi connectivity index (χ2n) is 7.25. The fraction of sp³-hybridized carbons (Fsp3) is 0.300. The largest absolute Gasteiger partial charge is 0.294 e. The molecule has 4 rings (SSSR count). The highest BCUT2D eigenvalue weighted by molar-refractivity contribution is 6.09. The van der Waals surface area contributed by atoms with E-state index >= 15 is 0 Å². The number of aromatic nitrogens is 2. The van der Waals surface area contributed by atoms with Gasteiger partial charge in [-0.15, -0.1) is 0 Å². The molecule has 23 heavy (non-hydrogen) atoms. The molecule has 0 bridgehead atoms. The van der Waals surface area contributed by atoms with Gasteiger partial charge in [-0.2, -0.15) is 5.10 Å². The zero-order valence-electron chi connectivity index (χ0n) is 13.5. The van der Waals surface area contributed by atoms with E-state index in [-0.39, 0.29) is 11.2 Å². The SMILES string of the molecule is CC1(C)CC(=O)C2=C(C1)c1ccnn1C/C2=C/c1ccccc1. The van der Waals surface area contributed by atoms with Crippen LogP contribution in [-0.4, -0.2) is 15.6 Å². The number of ketones is 1. The van der Waals surface area contributed by atoms with Crippen LogP contribution in [0, 0.1) is 5.41 Å². The molecule has 0 atom stereocenters. The first-order valence-electron chi connectivity index (χ1n) is 8.08. The van der Waals surface area contributed by atoms with Crippen LogP contribution >= 0.6 is 0 Å². The van der Waals surface area contributed by atoms with E-state index in [4.69, 9.17) is 0 Å². The zero-order chi connectivity index (χ0) is 16.0. The van der Waals surface area contributed by atoms with Gasteiger partial charge in [-0.1, -0.05) is 44.2 Å². The number of Topliss-reactive ketones (excluding diaryl/α,β-unsaturated/α-hetero) is 1. The molecule has 0 unspecified atom stereocenters. The van der Waals surface area contributed by atoms with Crippen LogP contribution in [0.4, 0.5) is 0 Å². The van der Waals surface area contributed by atoms with E-state index in [1.807, 2.05) is 35.1 Å². The summed E-state index contributed by atoms with van der Waals surface area (Å²) in [5.41, 5.74) is 5.43. The minimum atomic E-state index is 0.0141. The van der Waals surface area contributed by atoms with Gasteiger partial charge in [-0.3, -0.25) is 9.48 Å². The minimum absolute atomic E-state index is 0.0141. The highest BCUT2D eigenvalue weighted by atomic mass is 16.1. The molecule has 0 saturated heterocycles. The standard InChI is InChI=1S/C20H20N2O/c1-20(2)11-16-17-8-9-21-22(17)13-15(19(16)18(23)12-20)10-14-6-4-3-5-7-14/h3-10H,11-13H2,1-2H3/b15-10-. The molecule has 1 aromatic heterocycles. The molecule has 0 saturated carbocycles. The van der Waals surface area contributed by atoms with Gasteiger partial charge in [0.15, 0.2) is 5.78 Å². The third-order valence-electron chi connectivity index (χ3n) is 4.68. The Morgan fingerprint density at radius 1 is 1.13 bits per heavy atom. The lowest BCUT2D eigenvalue weighted by Crippen LogP contribution is -2.30. The number of allylic oxidation sites excluding steroid dienone is 3. The lowest BCUT2D eigenvalue weighted by atomic mass is 9.70. The first kappa shape index (κ1) is 14.2. The average molecular weight is 304 g/mol. The molecule has 2 heterocycles. The Hall–Kier alpha value is -2.42. The number of nitrogens with zero attached hydrogens (tertiary/aromatic N) is 2. The third-order valence-corrected chi connectivity index (χ3v) is 4.68. The van der Waals surface area contributed by atoms with Crippen LogP contribution in [0.5, 0.6) is 0 Å². The molecule has 0 N–H and O–H groups in total. The molecular weight excluding hydrogens is 284 g/mol. The summed E-state index contributed by atoms with van der Waals surface area (Å²) in [6.07, 6.45) is 5.51. The molecule has 116 valence electrons. The van der Waals surface area contributed by atoms with Crippen LogP contribution in [-0.2, 0) is 11.3 Å². The van der Waals surface area contributed by atoms with Crippen molar-refractivity contribution in [1.82, 2.24) is 9.78 Å². The van der Waals surface area contributed by atoms with Crippen LogP contribution in [0.3, 0.4) is 0 Å². The molecule has 1 aromatic carbocycles. The highest BCUT2D eigenvalue weighted by Gasteiger charge is 2.37. The summed E-state index contributed by atoms with van der Waals surface area (Å²) in [5, 5.41) is 4.44. The molecule has 2 aromatic rings. The van der Waals surface area contributed by atoms with E-state index in [9.17, 15) is 4.79 Å². The molecule has 2 aliphatic rings. The monoisotopic (exact) mass is 304 g/mol. The lowest BCUT2D eigenvalue weighted by Gasteiger charge is -2.35. The van der Waals surface area contributed by atoms with Gasteiger partial charge in [0.2, 0.25) is 0 Å². The fourth-order valence-electron chi connectivity index (χ4n) is 3.74. The van der Waals surface area contributed by atoms with Gasteiger partial charge >= 0.3 is 0 Å². The van der Waals surface area contributed by atoms with Crippen molar-refractivity contribution in [3.05, 3.63) is 65.0 Å². The summed E-state index contributed by atoms with van der Waals surface area (Å²) >= 11 is 0. The third kappa shape index (κ3) is 2.46. The van der Waals surface area contributed by atoms with E-state index in [0.29, 0.717) is 13.0 Å². The molecule has 0 spiro atoms. The van der Waals surface area contributed by atoms with Crippen molar-refractivity contribution in [2.24, 2.45) is 5.41 Å². The number of carbonyl (C=O) groups excluding carboxylic acids is 1. The number of rotatable bonds is 1. The smallest absolute Gasteiger partial charge is 0.164 e. The van der Waals surface area contributed by atoms with Crippen molar-refractivity contribution in [2.45, 2.75) is 33.2 Å². The molecule has 3 heteroatoms. The molecule has 0 fully saturated rings. The summed E-state index contributed by atoms with van der Waals surface area (Å²) in [5.74, 6) is 0.269. The molecule has 1 aliphatic heterocycles. The Morgan fingerprint density at radius 3 is 2.70 bits per heavy atom. The topological polar surface area (TPSA) is 34.9 Å². The van der Waals surface area contributed by atoms with Gasteiger partial charge in [0.05, 0.1) is 12.2 Å².